The van der Waals surface area contributed by atoms with Gasteiger partial charge in [0.15, 0.2) is 0 Å². The molecule has 3 amide bonds. The van der Waals surface area contributed by atoms with Gasteiger partial charge in [0, 0.05) is 31.7 Å². The third kappa shape index (κ3) is 11.8. The Hall–Kier alpha value is -4.89. The van der Waals surface area contributed by atoms with Crippen LogP contribution in [0.1, 0.15) is 54.6 Å². The van der Waals surface area contributed by atoms with Gasteiger partial charge in [-0.2, -0.15) is 0 Å². The summed E-state index contributed by atoms with van der Waals surface area (Å²) in [5.41, 5.74) is 4.99. The van der Waals surface area contributed by atoms with Gasteiger partial charge in [-0.05, 0) is 55.2 Å². The zero-order chi connectivity index (χ0) is 33.4. The van der Waals surface area contributed by atoms with Crippen LogP contribution in [0, 0.1) is 12.8 Å². The van der Waals surface area contributed by atoms with Crippen molar-refractivity contribution >= 4 is 17.7 Å². The highest BCUT2D eigenvalue weighted by Gasteiger charge is 2.30. The van der Waals surface area contributed by atoms with Crippen LogP contribution in [-0.4, -0.2) is 45.8 Å². The molecule has 0 spiro atoms. The van der Waals surface area contributed by atoms with E-state index in [1.165, 1.54) is 0 Å². The minimum atomic E-state index is -0.855. The molecule has 0 saturated carbocycles. The van der Waals surface area contributed by atoms with Crippen molar-refractivity contribution in [2.75, 3.05) is 0 Å². The molecule has 0 unspecified atom stereocenters. The van der Waals surface area contributed by atoms with Crippen LogP contribution in [0.25, 0.3) is 0 Å². The first-order chi connectivity index (χ1) is 22.8. The minimum absolute atomic E-state index is 0.172. The Morgan fingerprint density at radius 1 is 0.660 bits per heavy atom. The topological polar surface area (TPSA) is 125 Å². The smallest absolute Gasteiger partial charge is 0.243 e. The molecule has 4 aromatic rings. The van der Waals surface area contributed by atoms with Crippen LogP contribution >= 0.6 is 0 Å². The largest absolute Gasteiger partial charge is 0.350 e. The second kappa shape index (κ2) is 18.3. The molecule has 4 rings (SSSR count). The van der Waals surface area contributed by atoms with Crippen LogP contribution in [0.2, 0.25) is 0 Å². The van der Waals surface area contributed by atoms with E-state index < -0.39 is 24.0 Å². The van der Waals surface area contributed by atoms with Crippen LogP contribution in [0.3, 0.4) is 0 Å². The van der Waals surface area contributed by atoms with Crippen molar-refractivity contribution in [3.63, 3.8) is 0 Å². The lowest BCUT2D eigenvalue weighted by atomic mass is 10.00. The summed E-state index contributed by atoms with van der Waals surface area (Å²) in [6, 6.07) is 25.5. The SMILES string of the molecule is Cc1ccc(CNC(=O)[C@@H](NC(=O)[C@H](CCc2ccccc2)NC(=O)[C@H](CCc2ccccc2)NCc2cnccn2)C(C)C)cc1. The highest BCUT2D eigenvalue weighted by molar-refractivity contribution is 5.93. The van der Waals surface area contributed by atoms with Gasteiger partial charge in [-0.3, -0.25) is 24.4 Å². The van der Waals surface area contributed by atoms with E-state index >= 15 is 0 Å². The normalized spacial score (nSPS) is 12.9. The summed E-state index contributed by atoms with van der Waals surface area (Å²) in [7, 11) is 0. The standard InChI is InChI=1S/C38H46N6O3/c1-27(2)35(38(47)42-24-31-16-14-28(3)15-17-31)44-37(46)34(21-19-30-12-8-5-9-13-30)43-36(45)33(20-18-29-10-6-4-7-11-29)41-26-32-25-39-22-23-40-32/h4-17,22-23,25,27,33-35,41H,18-21,24,26H2,1-3H3,(H,42,47)(H,43,45)(H,44,46)/t33-,34-,35-/m0/s1. The molecule has 246 valence electrons. The molecule has 4 N–H and O–H groups in total. The molecule has 0 radical (unpaired) electrons. The molecule has 0 saturated heterocycles. The summed E-state index contributed by atoms with van der Waals surface area (Å²) in [5, 5.41) is 12.3. The maximum absolute atomic E-state index is 13.9. The maximum atomic E-state index is 13.9. The summed E-state index contributed by atoms with van der Waals surface area (Å²) in [6.45, 7) is 6.50. The molecule has 1 aromatic heterocycles. The van der Waals surface area contributed by atoms with Gasteiger partial charge >= 0.3 is 0 Å². The third-order valence-electron chi connectivity index (χ3n) is 8.06. The lowest BCUT2D eigenvalue weighted by Gasteiger charge is -2.27. The van der Waals surface area contributed by atoms with E-state index in [4.69, 9.17) is 0 Å². The molecule has 9 nitrogen and oxygen atoms in total. The fourth-order valence-corrected chi connectivity index (χ4v) is 5.22. The Labute approximate surface area is 278 Å². The molecule has 3 aromatic carbocycles. The van der Waals surface area contributed by atoms with E-state index in [9.17, 15) is 14.4 Å². The van der Waals surface area contributed by atoms with Crippen molar-refractivity contribution in [3.8, 4) is 0 Å². The average molecular weight is 635 g/mol. The lowest BCUT2D eigenvalue weighted by Crippen LogP contribution is -2.57. The fraction of sp³-hybridized carbons (Fsp3) is 0.342. The van der Waals surface area contributed by atoms with Gasteiger partial charge in [-0.1, -0.05) is 104 Å². The summed E-state index contributed by atoms with van der Waals surface area (Å²) in [5.74, 6) is -1.12. The monoisotopic (exact) mass is 634 g/mol. The van der Waals surface area contributed by atoms with E-state index in [2.05, 4.69) is 31.2 Å². The number of amides is 3. The molecular weight excluding hydrogens is 588 g/mol. The Kier molecular flexibility index (Phi) is 13.6. The van der Waals surface area contributed by atoms with Crippen molar-refractivity contribution in [3.05, 3.63) is 131 Å². The predicted octanol–water partition coefficient (Wildman–Crippen LogP) is 4.45. The number of aromatic nitrogens is 2. The maximum Gasteiger partial charge on any atom is 0.243 e. The van der Waals surface area contributed by atoms with E-state index in [-0.39, 0.29) is 17.7 Å². The first kappa shape index (κ1) is 35.0. The van der Waals surface area contributed by atoms with Crippen LogP contribution in [0.5, 0.6) is 0 Å². The second-order valence-corrected chi connectivity index (χ2v) is 12.2. The third-order valence-corrected chi connectivity index (χ3v) is 8.06. The number of aryl methyl sites for hydroxylation is 3. The summed E-state index contributed by atoms with van der Waals surface area (Å²) < 4.78 is 0. The van der Waals surface area contributed by atoms with Gasteiger partial charge in [0.2, 0.25) is 17.7 Å². The van der Waals surface area contributed by atoms with Crippen LogP contribution in [0.15, 0.2) is 104 Å². The average Bonchev–Trinajstić information content (AvgIpc) is 3.09. The molecular formula is C38H46N6O3. The van der Waals surface area contributed by atoms with Crippen molar-refractivity contribution in [1.29, 1.82) is 0 Å². The highest BCUT2D eigenvalue weighted by Crippen LogP contribution is 2.11. The van der Waals surface area contributed by atoms with E-state index in [1.54, 1.807) is 18.6 Å². The Bertz CT molecular complexity index is 1490. The van der Waals surface area contributed by atoms with Gasteiger partial charge in [0.1, 0.15) is 12.1 Å². The fourth-order valence-electron chi connectivity index (χ4n) is 5.22. The first-order valence-electron chi connectivity index (χ1n) is 16.3. The molecule has 1 heterocycles. The summed E-state index contributed by atoms with van der Waals surface area (Å²) in [6.07, 6.45) is 7.00. The number of carbonyl (C=O) groups excluding carboxylic acids is 3. The van der Waals surface area contributed by atoms with E-state index in [0.29, 0.717) is 44.5 Å². The van der Waals surface area contributed by atoms with Crippen LogP contribution < -0.4 is 21.3 Å². The molecule has 0 fully saturated rings. The summed E-state index contributed by atoms with van der Waals surface area (Å²) in [4.78, 5) is 49.5. The Morgan fingerprint density at radius 2 is 1.26 bits per heavy atom. The van der Waals surface area contributed by atoms with Gasteiger partial charge in [0.25, 0.3) is 0 Å². The number of hydrogen-bond acceptors (Lipinski definition) is 6. The second-order valence-electron chi connectivity index (χ2n) is 12.2. The quantitative estimate of drug-likeness (QED) is 0.136. The highest BCUT2D eigenvalue weighted by atomic mass is 16.2. The Morgan fingerprint density at radius 3 is 1.83 bits per heavy atom. The number of hydrogen-bond donors (Lipinski definition) is 4. The van der Waals surface area contributed by atoms with Crippen molar-refractivity contribution < 1.29 is 14.4 Å². The molecule has 0 aliphatic rings. The molecule has 47 heavy (non-hydrogen) atoms. The van der Waals surface area contributed by atoms with E-state index in [1.807, 2.05) is 106 Å². The number of carbonyl (C=O) groups is 3. The van der Waals surface area contributed by atoms with Gasteiger partial charge < -0.3 is 21.3 Å². The van der Waals surface area contributed by atoms with Gasteiger partial charge in [-0.15, -0.1) is 0 Å². The molecule has 3 atom stereocenters. The van der Waals surface area contributed by atoms with Gasteiger partial charge in [-0.25, -0.2) is 0 Å². The van der Waals surface area contributed by atoms with E-state index in [0.717, 1.165) is 22.3 Å². The predicted molar refractivity (Wildman–Crippen MR) is 184 cm³/mol. The first-order valence-corrected chi connectivity index (χ1v) is 16.3. The Balaban J connectivity index is 1.47. The summed E-state index contributed by atoms with van der Waals surface area (Å²) >= 11 is 0. The minimum Gasteiger partial charge on any atom is -0.350 e. The van der Waals surface area contributed by atoms with Gasteiger partial charge in [0.05, 0.1) is 11.7 Å². The molecule has 0 aliphatic heterocycles. The molecule has 0 aliphatic carbocycles. The van der Waals surface area contributed by atoms with Crippen molar-refractivity contribution in [2.24, 2.45) is 5.92 Å². The zero-order valence-corrected chi connectivity index (χ0v) is 27.5. The number of nitrogens with one attached hydrogen (secondary N) is 4. The molecule has 0 bridgehead atoms. The van der Waals surface area contributed by atoms with Crippen molar-refractivity contribution in [1.82, 2.24) is 31.2 Å². The van der Waals surface area contributed by atoms with Crippen LogP contribution in [-0.2, 0) is 40.3 Å². The number of rotatable bonds is 17. The van der Waals surface area contributed by atoms with Crippen molar-refractivity contribution in [2.45, 2.75) is 77.7 Å². The molecule has 9 heteroatoms. The lowest BCUT2D eigenvalue weighted by molar-refractivity contribution is -0.133. The number of nitrogens with zero attached hydrogens (tertiary/aromatic N) is 2. The zero-order valence-electron chi connectivity index (χ0n) is 27.5. The van der Waals surface area contributed by atoms with Crippen LogP contribution in [0.4, 0.5) is 0 Å². The number of benzene rings is 3.